The lowest BCUT2D eigenvalue weighted by Gasteiger charge is -2.27. The van der Waals surface area contributed by atoms with Crippen molar-refractivity contribution in [3.05, 3.63) is 95.3 Å². The van der Waals surface area contributed by atoms with Crippen LogP contribution in [-0.2, 0) is 15.7 Å². The lowest BCUT2D eigenvalue weighted by molar-refractivity contribution is -0.137. The van der Waals surface area contributed by atoms with Gasteiger partial charge < -0.3 is 19.7 Å². The third kappa shape index (κ3) is 7.20. The highest BCUT2D eigenvalue weighted by molar-refractivity contribution is 6.03. The summed E-state index contributed by atoms with van der Waals surface area (Å²) in [6.45, 7) is -0.363. The molecule has 1 aliphatic rings. The van der Waals surface area contributed by atoms with Gasteiger partial charge in [-0.3, -0.25) is 4.79 Å². The number of hydrogen-bond acceptors (Lipinski definition) is 5. The predicted octanol–water partition coefficient (Wildman–Crippen LogP) is 5.71. The zero-order valence-electron chi connectivity index (χ0n) is 22.3. The molecule has 216 valence electrons. The number of amides is 3. The number of benzene rings is 3. The van der Waals surface area contributed by atoms with Crippen molar-refractivity contribution < 1.29 is 36.6 Å². The molecule has 0 aliphatic carbocycles. The number of alkyl halides is 3. The fraction of sp³-hybridized carbons (Fsp3) is 0.276. The first-order valence-electron chi connectivity index (χ1n) is 12.6. The topological polar surface area (TPSA) is 83.5 Å². The van der Waals surface area contributed by atoms with E-state index >= 15 is 0 Å². The average Bonchev–Trinajstić information content (AvgIpc) is 3.41. The second-order valence-corrected chi connectivity index (χ2v) is 9.18. The Labute approximate surface area is 234 Å². The Morgan fingerprint density at radius 3 is 2.44 bits per heavy atom. The van der Waals surface area contributed by atoms with E-state index in [9.17, 15) is 27.2 Å². The van der Waals surface area contributed by atoms with Gasteiger partial charge in [-0.1, -0.05) is 30.3 Å². The first kappa shape index (κ1) is 29.5. The summed E-state index contributed by atoms with van der Waals surface area (Å²) in [6, 6.07) is 15.6. The number of hydrogen-bond donors (Lipinski definition) is 1. The maximum Gasteiger partial charge on any atom is 0.416 e. The number of nitrogens with one attached hydrogen (secondary N) is 1. The SMILES string of the molecule is COCCN(CC(=O)N1N=C(c2cccc(OC)c2)C[C@H]1c1ccccc1F)C(=O)Nc1ccc(C(F)(F)F)cc1. The van der Waals surface area contributed by atoms with Gasteiger partial charge in [0.2, 0.25) is 0 Å². The van der Waals surface area contributed by atoms with E-state index in [1.807, 2.05) is 0 Å². The number of halogens is 4. The van der Waals surface area contributed by atoms with E-state index in [4.69, 9.17) is 9.47 Å². The van der Waals surface area contributed by atoms with E-state index in [-0.39, 0.29) is 30.8 Å². The van der Waals surface area contributed by atoms with Gasteiger partial charge in [0.05, 0.1) is 31.0 Å². The first-order valence-corrected chi connectivity index (χ1v) is 12.6. The van der Waals surface area contributed by atoms with Crippen LogP contribution in [0, 0.1) is 5.82 Å². The van der Waals surface area contributed by atoms with E-state index in [2.05, 4.69) is 10.4 Å². The zero-order valence-corrected chi connectivity index (χ0v) is 22.3. The average molecular weight is 573 g/mol. The molecule has 12 heteroatoms. The van der Waals surface area contributed by atoms with Crippen LogP contribution >= 0.6 is 0 Å². The number of rotatable bonds is 9. The third-order valence-corrected chi connectivity index (χ3v) is 6.48. The summed E-state index contributed by atoms with van der Waals surface area (Å²) in [5.74, 6) is -0.508. The van der Waals surface area contributed by atoms with E-state index in [0.29, 0.717) is 17.0 Å². The predicted molar refractivity (Wildman–Crippen MR) is 144 cm³/mol. The normalized spacial score (nSPS) is 14.9. The summed E-state index contributed by atoms with van der Waals surface area (Å²) in [7, 11) is 2.95. The summed E-state index contributed by atoms with van der Waals surface area (Å²) in [5.41, 5.74) is 0.738. The summed E-state index contributed by atoms with van der Waals surface area (Å²) >= 11 is 0. The van der Waals surface area contributed by atoms with Crippen molar-refractivity contribution in [1.82, 2.24) is 9.91 Å². The van der Waals surface area contributed by atoms with Gasteiger partial charge in [-0.15, -0.1) is 0 Å². The molecule has 3 aromatic carbocycles. The molecule has 0 radical (unpaired) electrons. The van der Waals surface area contributed by atoms with Crippen LogP contribution in [0.4, 0.5) is 28.0 Å². The lowest BCUT2D eigenvalue weighted by atomic mass is 9.98. The van der Waals surface area contributed by atoms with Crippen molar-refractivity contribution in [2.75, 3.05) is 39.2 Å². The van der Waals surface area contributed by atoms with Crippen molar-refractivity contribution in [3.63, 3.8) is 0 Å². The van der Waals surface area contributed by atoms with E-state index in [1.165, 1.54) is 25.3 Å². The molecule has 1 atom stereocenters. The van der Waals surface area contributed by atoms with Gasteiger partial charge in [0.15, 0.2) is 0 Å². The monoisotopic (exact) mass is 572 g/mol. The molecule has 0 saturated heterocycles. The molecule has 0 fully saturated rings. The van der Waals surface area contributed by atoms with Crippen LogP contribution in [-0.4, -0.2) is 61.5 Å². The minimum absolute atomic E-state index is 0.000627. The molecular weight excluding hydrogens is 544 g/mol. The van der Waals surface area contributed by atoms with Crippen LogP contribution < -0.4 is 10.1 Å². The Balaban J connectivity index is 1.58. The van der Waals surface area contributed by atoms with Crippen molar-refractivity contribution >= 4 is 23.3 Å². The molecule has 4 rings (SSSR count). The fourth-order valence-electron chi connectivity index (χ4n) is 4.34. The quantitative estimate of drug-likeness (QED) is 0.333. The van der Waals surface area contributed by atoms with Gasteiger partial charge in [-0.2, -0.15) is 18.3 Å². The van der Waals surface area contributed by atoms with Gasteiger partial charge in [-0.25, -0.2) is 14.2 Å². The highest BCUT2D eigenvalue weighted by Gasteiger charge is 2.36. The Kier molecular flexibility index (Phi) is 9.23. The number of urea groups is 1. The summed E-state index contributed by atoms with van der Waals surface area (Å²) in [6.07, 6.45) is -4.30. The van der Waals surface area contributed by atoms with E-state index in [0.717, 1.165) is 29.2 Å². The number of nitrogens with zero attached hydrogens (tertiary/aromatic N) is 3. The van der Waals surface area contributed by atoms with E-state index < -0.39 is 42.1 Å². The molecule has 3 aromatic rings. The van der Waals surface area contributed by atoms with Crippen LogP contribution in [0.1, 0.15) is 29.2 Å². The molecular formula is C29H28F4N4O4. The van der Waals surface area contributed by atoms with Crippen LogP contribution in [0.5, 0.6) is 5.75 Å². The Morgan fingerprint density at radius 2 is 1.78 bits per heavy atom. The zero-order chi connectivity index (χ0) is 29.6. The van der Waals surface area contributed by atoms with E-state index in [1.54, 1.807) is 42.5 Å². The van der Waals surface area contributed by atoms with Crippen molar-refractivity contribution in [1.29, 1.82) is 0 Å². The van der Waals surface area contributed by atoms with Crippen LogP contribution in [0.15, 0.2) is 77.9 Å². The maximum absolute atomic E-state index is 14.9. The second kappa shape index (κ2) is 12.8. The Bertz CT molecular complexity index is 1410. The second-order valence-electron chi connectivity index (χ2n) is 9.18. The Hall–Kier alpha value is -4.45. The number of methoxy groups -OCH3 is 2. The standard InChI is InChI=1S/C29H28F4N4O4/c1-40-15-14-36(28(39)34-21-12-10-20(11-13-21)29(31,32)33)18-27(38)37-26(23-8-3-4-9-24(23)30)17-25(35-37)19-6-5-7-22(16-19)41-2/h3-13,16,26H,14-15,17-18H2,1-2H3,(H,34,39)/t26-/m0/s1. The third-order valence-electron chi connectivity index (χ3n) is 6.48. The fourth-order valence-corrected chi connectivity index (χ4v) is 4.34. The first-order chi connectivity index (χ1) is 19.6. The summed E-state index contributed by atoms with van der Waals surface area (Å²) in [5, 5.41) is 8.20. The summed E-state index contributed by atoms with van der Waals surface area (Å²) < 4.78 is 63.9. The van der Waals surface area contributed by atoms with Crippen LogP contribution in [0.3, 0.4) is 0 Å². The molecule has 0 unspecified atom stereocenters. The summed E-state index contributed by atoms with van der Waals surface area (Å²) in [4.78, 5) is 27.8. The van der Waals surface area contributed by atoms with Crippen molar-refractivity contribution in [2.45, 2.75) is 18.6 Å². The lowest BCUT2D eigenvalue weighted by Crippen LogP contribution is -2.44. The molecule has 41 heavy (non-hydrogen) atoms. The molecule has 0 bridgehead atoms. The van der Waals surface area contributed by atoms with Gasteiger partial charge >= 0.3 is 12.2 Å². The van der Waals surface area contributed by atoms with Gasteiger partial charge in [0, 0.05) is 36.9 Å². The molecule has 0 saturated carbocycles. The van der Waals surface area contributed by atoms with Gasteiger partial charge in [-0.05, 0) is 42.5 Å². The molecule has 0 spiro atoms. The number of anilines is 1. The van der Waals surface area contributed by atoms with Crippen molar-refractivity contribution in [3.8, 4) is 5.75 Å². The van der Waals surface area contributed by atoms with Gasteiger partial charge in [0.25, 0.3) is 5.91 Å². The van der Waals surface area contributed by atoms with Crippen molar-refractivity contribution in [2.24, 2.45) is 5.10 Å². The molecule has 3 amide bonds. The number of carbonyl (C=O) groups excluding carboxylic acids is 2. The highest BCUT2D eigenvalue weighted by atomic mass is 19.4. The Morgan fingerprint density at radius 1 is 1.05 bits per heavy atom. The molecule has 0 aromatic heterocycles. The smallest absolute Gasteiger partial charge is 0.416 e. The molecule has 1 heterocycles. The minimum Gasteiger partial charge on any atom is -0.497 e. The van der Waals surface area contributed by atoms with Crippen LogP contribution in [0.2, 0.25) is 0 Å². The number of hydrazone groups is 1. The van der Waals surface area contributed by atoms with Gasteiger partial charge in [0.1, 0.15) is 18.1 Å². The highest BCUT2D eigenvalue weighted by Crippen LogP contribution is 2.35. The maximum atomic E-state index is 14.9. The largest absolute Gasteiger partial charge is 0.497 e. The number of carbonyl (C=O) groups is 2. The minimum atomic E-state index is -4.52. The molecule has 8 nitrogen and oxygen atoms in total. The molecule has 1 aliphatic heterocycles. The number of ether oxygens (including phenoxy) is 2. The molecule has 1 N–H and O–H groups in total. The van der Waals surface area contributed by atoms with Crippen LogP contribution in [0.25, 0.3) is 0 Å².